The summed E-state index contributed by atoms with van der Waals surface area (Å²) in [6.45, 7) is 7.87. The van der Waals surface area contributed by atoms with Gasteiger partial charge in [0.1, 0.15) is 0 Å². The lowest BCUT2D eigenvalue weighted by atomic mass is 9.50. The van der Waals surface area contributed by atoms with Crippen molar-refractivity contribution in [1.29, 1.82) is 0 Å². The summed E-state index contributed by atoms with van der Waals surface area (Å²) in [6, 6.07) is 0. The van der Waals surface area contributed by atoms with E-state index in [2.05, 4.69) is 13.8 Å². The van der Waals surface area contributed by atoms with Crippen LogP contribution < -0.4 is 0 Å². The van der Waals surface area contributed by atoms with Gasteiger partial charge in [-0.25, -0.2) is 0 Å². The highest BCUT2D eigenvalue weighted by Crippen LogP contribution is 2.61. The number of ketones is 2. The number of hydrogen-bond acceptors (Lipinski definition) is 4. The number of carbonyl (C=O) groups is 2. The van der Waals surface area contributed by atoms with E-state index in [1.54, 1.807) is 6.08 Å². The Morgan fingerprint density at radius 1 is 1.12 bits per heavy atom. The predicted octanol–water partition coefficient (Wildman–Crippen LogP) is 2.44. The van der Waals surface area contributed by atoms with E-state index in [1.807, 2.05) is 13.8 Å². The van der Waals surface area contributed by atoms with Crippen molar-refractivity contribution in [2.75, 3.05) is 6.61 Å². The third-order valence-electron chi connectivity index (χ3n) is 6.92. The van der Waals surface area contributed by atoms with Crippen LogP contribution in [0.15, 0.2) is 23.3 Å². The first-order chi connectivity index (χ1) is 11.1. The molecule has 0 aromatic carbocycles. The lowest BCUT2D eigenvalue weighted by Crippen LogP contribution is -2.51. The highest BCUT2D eigenvalue weighted by molar-refractivity contribution is 6.00. The molecular weight excluding hydrogens is 304 g/mol. The second-order valence-electron chi connectivity index (χ2n) is 8.58. The van der Waals surface area contributed by atoms with Gasteiger partial charge in [0.25, 0.3) is 0 Å². The van der Waals surface area contributed by atoms with Crippen LogP contribution in [-0.4, -0.2) is 34.5 Å². The van der Waals surface area contributed by atoms with Gasteiger partial charge in [0.05, 0.1) is 12.7 Å². The first-order valence-corrected chi connectivity index (χ1v) is 8.95. The Morgan fingerprint density at radius 3 is 2.29 bits per heavy atom. The van der Waals surface area contributed by atoms with Crippen molar-refractivity contribution in [3.63, 3.8) is 0 Å². The molecule has 132 valence electrons. The fourth-order valence-electron chi connectivity index (χ4n) is 5.16. The highest BCUT2D eigenvalue weighted by Gasteiger charge is 2.60. The zero-order valence-electron chi connectivity index (χ0n) is 15.0. The maximum Gasteiger partial charge on any atom is 0.162 e. The Labute approximate surface area is 143 Å². The molecule has 0 amide bonds. The molecule has 0 aromatic rings. The summed E-state index contributed by atoms with van der Waals surface area (Å²) >= 11 is 0. The lowest BCUT2D eigenvalue weighted by molar-refractivity contribution is -0.141. The second-order valence-corrected chi connectivity index (χ2v) is 8.58. The van der Waals surface area contributed by atoms with Gasteiger partial charge in [-0.2, -0.15) is 0 Å². The molecule has 2 N–H and O–H groups in total. The van der Waals surface area contributed by atoms with E-state index in [4.69, 9.17) is 0 Å². The molecule has 24 heavy (non-hydrogen) atoms. The average molecular weight is 332 g/mol. The van der Waals surface area contributed by atoms with Crippen molar-refractivity contribution in [2.45, 2.75) is 53.1 Å². The minimum absolute atomic E-state index is 0.00575. The molecule has 5 atom stereocenters. The number of aliphatic hydroxyl groups is 2. The molecule has 3 rings (SSSR count). The SMILES string of the molecule is CC(C)C1=CC(=O)[C@]2(C)CC[C@@]3(C)C(=O)C=C(CO)[C@H](O)C[C@@H]3C12. The molecule has 1 saturated carbocycles. The van der Waals surface area contributed by atoms with Gasteiger partial charge in [-0.3, -0.25) is 9.59 Å². The van der Waals surface area contributed by atoms with Crippen LogP contribution in [0, 0.1) is 28.6 Å². The summed E-state index contributed by atoms with van der Waals surface area (Å²) in [7, 11) is 0. The molecule has 0 aromatic heterocycles. The van der Waals surface area contributed by atoms with Crippen LogP contribution in [0.2, 0.25) is 0 Å². The van der Waals surface area contributed by atoms with Crippen molar-refractivity contribution >= 4 is 11.6 Å². The number of carbonyl (C=O) groups excluding carboxylic acids is 2. The fourth-order valence-corrected chi connectivity index (χ4v) is 5.16. The molecule has 4 heteroatoms. The first-order valence-electron chi connectivity index (χ1n) is 8.95. The molecule has 3 aliphatic carbocycles. The van der Waals surface area contributed by atoms with Gasteiger partial charge < -0.3 is 10.2 Å². The topological polar surface area (TPSA) is 74.6 Å². The summed E-state index contributed by atoms with van der Waals surface area (Å²) in [5, 5.41) is 20.0. The van der Waals surface area contributed by atoms with Crippen LogP contribution >= 0.6 is 0 Å². The van der Waals surface area contributed by atoms with Crippen LogP contribution in [0.5, 0.6) is 0 Å². The van der Waals surface area contributed by atoms with E-state index >= 15 is 0 Å². The predicted molar refractivity (Wildman–Crippen MR) is 91.2 cm³/mol. The third-order valence-corrected chi connectivity index (χ3v) is 6.92. The van der Waals surface area contributed by atoms with E-state index in [0.717, 1.165) is 5.57 Å². The van der Waals surface area contributed by atoms with E-state index in [9.17, 15) is 19.8 Å². The van der Waals surface area contributed by atoms with Gasteiger partial charge in [-0.05, 0) is 54.7 Å². The van der Waals surface area contributed by atoms with E-state index < -0.39 is 16.9 Å². The van der Waals surface area contributed by atoms with Crippen molar-refractivity contribution in [3.8, 4) is 0 Å². The molecule has 0 aliphatic heterocycles. The molecule has 3 aliphatic rings. The largest absolute Gasteiger partial charge is 0.392 e. The van der Waals surface area contributed by atoms with Crippen LogP contribution in [0.25, 0.3) is 0 Å². The minimum atomic E-state index is -0.822. The fraction of sp³-hybridized carbons (Fsp3) is 0.700. The minimum Gasteiger partial charge on any atom is -0.392 e. The number of allylic oxidation sites excluding steroid dienone is 3. The molecule has 0 spiro atoms. The summed E-state index contributed by atoms with van der Waals surface area (Å²) in [5.74, 6) is 0.300. The van der Waals surface area contributed by atoms with Gasteiger partial charge in [0.2, 0.25) is 0 Å². The smallest absolute Gasteiger partial charge is 0.162 e. The Hall–Kier alpha value is -1.26. The number of fused-ring (bicyclic) bond motifs is 3. The van der Waals surface area contributed by atoms with E-state index in [0.29, 0.717) is 24.8 Å². The maximum absolute atomic E-state index is 12.9. The first kappa shape index (κ1) is 17.6. The van der Waals surface area contributed by atoms with Gasteiger partial charge in [0.15, 0.2) is 11.6 Å². The Bertz CT molecular complexity index is 644. The summed E-state index contributed by atoms with van der Waals surface area (Å²) in [4.78, 5) is 25.6. The Kier molecular flexibility index (Phi) is 4.12. The average Bonchev–Trinajstić information content (AvgIpc) is 2.74. The maximum atomic E-state index is 12.9. The van der Waals surface area contributed by atoms with E-state index in [-0.39, 0.29) is 35.9 Å². The standard InChI is InChI=1S/C20H28O4/c1-11(2)13-8-17(24)20(4)6-5-19(3)14(18(13)20)9-15(22)12(10-21)7-16(19)23/h7-8,11,14-15,18,21-22H,5-6,9-10H2,1-4H3/t14-,15-,18?,19-,20+/m1/s1. The van der Waals surface area contributed by atoms with Crippen LogP contribution in [-0.2, 0) is 9.59 Å². The monoisotopic (exact) mass is 332 g/mol. The normalized spacial score (nSPS) is 42.4. The summed E-state index contributed by atoms with van der Waals surface area (Å²) in [6.07, 6.45) is 4.19. The molecule has 0 saturated heterocycles. The highest BCUT2D eigenvalue weighted by atomic mass is 16.3. The Balaban J connectivity index is 2.11. The number of hydrogen-bond donors (Lipinski definition) is 2. The molecule has 4 nitrogen and oxygen atoms in total. The molecule has 0 radical (unpaired) electrons. The van der Waals surface area contributed by atoms with Crippen LogP contribution in [0.3, 0.4) is 0 Å². The summed E-state index contributed by atoms with van der Waals surface area (Å²) < 4.78 is 0. The van der Waals surface area contributed by atoms with Crippen LogP contribution in [0.1, 0.15) is 47.0 Å². The third kappa shape index (κ3) is 2.26. The number of rotatable bonds is 2. The molecule has 1 unspecified atom stereocenters. The van der Waals surface area contributed by atoms with Gasteiger partial charge in [-0.15, -0.1) is 0 Å². The van der Waals surface area contributed by atoms with Gasteiger partial charge in [0, 0.05) is 10.8 Å². The zero-order chi connectivity index (χ0) is 17.9. The lowest BCUT2D eigenvalue weighted by Gasteiger charge is -2.51. The number of aliphatic hydroxyl groups excluding tert-OH is 2. The van der Waals surface area contributed by atoms with Crippen molar-refractivity contribution in [1.82, 2.24) is 0 Å². The molecule has 0 heterocycles. The van der Waals surface area contributed by atoms with Gasteiger partial charge >= 0.3 is 0 Å². The van der Waals surface area contributed by atoms with Gasteiger partial charge in [-0.1, -0.05) is 33.3 Å². The Morgan fingerprint density at radius 2 is 1.71 bits per heavy atom. The van der Waals surface area contributed by atoms with Crippen molar-refractivity contribution in [3.05, 3.63) is 23.3 Å². The van der Waals surface area contributed by atoms with Crippen LogP contribution in [0.4, 0.5) is 0 Å². The van der Waals surface area contributed by atoms with Crippen molar-refractivity contribution in [2.24, 2.45) is 28.6 Å². The molecule has 1 fully saturated rings. The summed E-state index contributed by atoms with van der Waals surface area (Å²) in [5.41, 5.74) is 0.469. The second kappa shape index (κ2) is 5.63. The zero-order valence-corrected chi connectivity index (χ0v) is 15.0. The quantitative estimate of drug-likeness (QED) is 0.814. The van der Waals surface area contributed by atoms with E-state index in [1.165, 1.54) is 6.08 Å². The van der Waals surface area contributed by atoms with Crippen molar-refractivity contribution < 1.29 is 19.8 Å². The molecule has 0 bridgehead atoms. The molecular formula is C20H28O4.